The average Bonchev–Trinajstić information content (AvgIpc) is 2.21. The first-order chi connectivity index (χ1) is 7.59. The van der Waals surface area contributed by atoms with Crippen LogP contribution in [-0.4, -0.2) is 5.78 Å². The predicted molar refractivity (Wildman–Crippen MR) is 57.6 cm³/mol. The Morgan fingerprint density at radius 1 is 1.50 bits per heavy atom. The summed E-state index contributed by atoms with van der Waals surface area (Å²) in [5.41, 5.74) is -1.10. The molecule has 0 aromatic heterocycles. The topological polar surface area (TPSA) is 40.9 Å². The quantitative estimate of drug-likeness (QED) is 0.740. The summed E-state index contributed by atoms with van der Waals surface area (Å²) in [6, 6.07) is 5.82. The Labute approximate surface area is 97.6 Å². The fraction of sp³-hybridized carbons (Fsp3) is 0.333. The van der Waals surface area contributed by atoms with Gasteiger partial charge in [0, 0.05) is 5.02 Å². The van der Waals surface area contributed by atoms with Crippen molar-refractivity contribution in [1.29, 1.82) is 5.26 Å². The lowest BCUT2D eigenvalue weighted by molar-refractivity contribution is 0.0744. The van der Waals surface area contributed by atoms with E-state index in [9.17, 15) is 9.18 Å². The Morgan fingerprint density at radius 3 is 2.69 bits per heavy atom. The predicted octanol–water partition coefficient (Wildman–Crippen LogP) is 3.36. The zero-order valence-electron chi connectivity index (χ0n) is 8.46. The van der Waals surface area contributed by atoms with E-state index in [-0.39, 0.29) is 5.56 Å². The molecule has 16 heavy (non-hydrogen) atoms. The third-order valence-electron chi connectivity index (χ3n) is 3.03. The van der Waals surface area contributed by atoms with Crippen LogP contribution in [0, 0.1) is 22.6 Å². The highest BCUT2D eigenvalue weighted by Crippen LogP contribution is 2.43. The first-order valence-corrected chi connectivity index (χ1v) is 5.38. The van der Waals surface area contributed by atoms with Gasteiger partial charge in [-0.3, -0.25) is 4.79 Å². The number of nitriles is 1. The molecule has 1 aromatic rings. The van der Waals surface area contributed by atoms with Gasteiger partial charge in [0.2, 0.25) is 0 Å². The normalized spacial score (nSPS) is 17.3. The Bertz CT molecular complexity index is 488. The van der Waals surface area contributed by atoms with Crippen LogP contribution < -0.4 is 0 Å². The highest BCUT2D eigenvalue weighted by atomic mass is 35.5. The molecule has 82 valence electrons. The largest absolute Gasteiger partial charge is 0.292 e. The number of benzene rings is 1. The molecule has 0 aliphatic heterocycles. The lowest BCUT2D eigenvalue weighted by Crippen LogP contribution is -2.37. The monoisotopic (exact) mass is 237 g/mol. The van der Waals surface area contributed by atoms with Crippen LogP contribution in [0.2, 0.25) is 5.02 Å². The first kappa shape index (κ1) is 11.1. The van der Waals surface area contributed by atoms with E-state index in [0.29, 0.717) is 17.9 Å². The maximum Gasteiger partial charge on any atom is 0.186 e. The van der Waals surface area contributed by atoms with Gasteiger partial charge in [0.05, 0.1) is 11.6 Å². The molecule has 2 rings (SSSR count). The van der Waals surface area contributed by atoms with Gasteiger partial charge < -0.3 is 0 Å². The van der Waals surface area contributed by atoms with Crippen molar-refractivity contribution < 1.29 is 9.18 Å². The Kier molecular flexibility index (Phi) is 2.69. The molecular weight excluding hydrogens is 229 g/mol. The molecular formula is C12H9ClFNO. The zero-order valence-corrected chi connectivity index (χ0v) is 9.22. The fourth-order valence-electron chi connectivity index (χ4n) is 1.85. The minimum Gasteiger partial charge on any atom is -0.292 e. The Morgan fingerprint density at radius 2 is 2.19 bits per heavy atom. The zero-order chi connectivity index (χ0) is 11.8. The lowest BCUT2D eigenvalue weighted by Gasteiger charge is -2.33. The van der Waals surface area contributed by atoms with Gasteiger partial charge in [-0.15, -0.1) is 0 Å². The number of ketones is 1. The van der Waals surface area contributed by atoms with Gasteiger partial charge in [0.15, 0.2) is 5.78 Å². The second-order valence-electron chi connectivity index (χ2n) is 4.00. The summed E-state index contributed by atoms with van der Waals surface area (Å²) >= 11 is 5.71. The molecule has 0 N–H and O–H groups in total. The van der Waals surface area contributed by atoms with E-state index in [1.807, 2.05) is 6.07 Å². The van der Waals surface area contributed by atoms with Crippen molar-refractivity contribution in [2.45, 2.75) is 19.3 Å². The molecule has 1 saturated carbocycles. The Hall–Kier alpha value is -1.40. The van der Waals surface area contributed by atoms with Crippen LogP contribution in [0.1, 0.15) is 29.6 Å². The van der Waals surface area contributed by atoms with Gasteiger partial charge in [-0.1, -0.05) is 11.6 Å². The van der Waals surface area contributed by atoms with E-state index in [1.165, 1.54) is 12.1 Å². The van der Waals surface area contributed by atoms with Crippen molar-refractivity contribution in [2.75, 3.05) is 0 Å². The second kappa shape index (κ2) is 3.88. The van der Waals surface area contributed by atoms with Crippen molar-refractivity contribution in [3.05, 3.63) is 34.6 Å². The van der Waals surface area contributed by atoms with Crippen LogP contribution >= 0.6 is 11.6 Å². The summed E-state index contributed by atoms with van der Waals surface area (Å²) in [5.74, 6) is -1.06. The molecule has 0 unspecified atom stereocenters. The van der Waals surface area contributed by atoms with E-state index in [4.69, 9.17) is 16.9 Å². The number of nitrogens with zero attached hydrogens (tertiary/aromatic N) is 1. The maximum atomic E-state index is 13.5. The molecule has 0 spiro atoms. The van der Waals surface area contributed by atoms with Crippen LogP contribution in [0.5, 0.6) is 0 Å². The van der Waals surface area contributed by atoms with Crippen LogP contribution in [-0.2, 0) is 0 Å². The third kappa shape index (κ3) is 1.60. The van der Waals surface area contributed by atoms with E-state index < -0.39 is 17.0 Å². The molecule has 1 aliphatic rings. The van der Waals surface area contributed by atoms with Crippen molar-refractivity contribution in [1.82, 2.24) is 0 Å². The molecule has 4 heteroatoms. The van der Waals surface area contributed by atoms with Crippen molar-refractivity contribution in [2.24, 2.45) is 5.41 Å². The molecule has 1 aliphatic carbocycles. The standard InChI is InChI=1S/C12H9ClFNO/c13-8-2-3-10(14)9(6-8)11(16)12(7-15)4-1-5-12/h2-3,6H,1,4-5H2. The van der Waals surface area contributed by atoms with E-state index in [2.05, 4.69) is 0 Å². The number of halogens is 2. The molecule has 0 radical (unpaired) electrons. The van der Waals surface area contributed by atoms with E-state index in [0.717, 1.165) is 12.5 Å². The van der Waals surface area contributed by atoms with Crippen LogP contribution in [0.3, 0.4) is 0 Å². The first-order valence-electron chi connectivity index (χ1n) is 5.00. The number of rotatable bonds is 2. The summed E-state index contributed by atoms with van der Waals surface area (Å²) < 4.78 is 13.5. The highest BCUT2D eigenvalue weighted by molar-refractivity contribution is 6.31. The fourth-order valence-corrected chi connectivity index (χ4v) is 2.02. The van der Waals surface area contributed by atoms with Gasteiger partial charge >= 0.3 is 0 Å². The van der Waals surface area contributed by atoms with Crippen molar-refractivity contribution in [3.8, 4) is 6.07 Å². The Balaban J connectivity index is 2.41. The van der Waals surface area contributed by atoms with Gasteiger partial charge in [-0.2, -0.15) is 5.26 Å². The summed E-state index contributed by atoms with van der Waals surface area (Å²) in [6.07, 6.45) is 1.85. The summed E-state index contributed by atoms with van der Waals surface area (Å²) in [6.45, 7) is 0. The van der Waals surface area contributed by atoms with Crippen molar-refractivity contribution in [3.63, 3.8) is 0 Å². The molecule has 1 fully saturated rings. The number of carbonyl (C=O) groups is 1. The van der Waals surface area contributed by atoms with Gasteiger partial charge in [-0.25, -0.2) is 4.39 Å². The molecule has 0 heterocycles. The summed E-state index contributed by atoms with van der Waals surface area (Å²) in [4.78, 5) is 12.0. The number of hydrogen-bond acceptors (Lipinski definition) is 2. The lowest BCUT2D eigenvalue weighted by atomic mass is 9.65. The second-order valence-corrected chi connectivity index (χ2v) is 4.44. The van der Waals surface area contributed by atoms with Gasteiger partial charge in [0.25, 0.3) is 0 Å². The van der Waals surface area contributed by atoms with Crippen LogP contribution in [0.25, 0.3) is 0 Å². The molecule has 0 amide bonds. The van der Waals surface area contributed by atoms with Gasteiger partial charge in [-0.05, 0) is 37.5 Å². The van der Waals surface area contributed by atoms with Crippen LogP contribution in [0.15, 0.2) is 18.2 Å². The number of hydrogen-bond donors (Lipinski definition) is 0. The van der Waals surface area contributed by atoms with E-state index in [1.54, 1.807) is 0 Å². The number of Topliss-reactive ketones (excluding diaryl/α,β-unsaturated/α-hetero) is 1. The molecule has 0 atom stereocenters. The number of carbonyl (C=O) groups excluding carboxylic acids is 1. The minimum atomic E-state index is -1.02. The summed E-state index contributed by atoms with van der Waals surface area (Å²) in [5, 5.41) is 9.31. The van der Waals surface area contributed by atoms with E-state index >= 15 is 0 Å². The molecule has 0 saturated heterocycles. The smallest absolute Gasteiger partial charge is 0.186 e. The highest BCUT2D eigenvalue weighted by Gasteiger charge is 2.45. The molecule has 1 aromatic carbocycles. The SMILES string of the molecule is N#CC1(C(=O)c2cc(Cl)ccc2F)CCC1. The van der Waals surface area contributed by atoms with Crippen LogP contribution in [0.4, 0.5) is 4.39 Å². The third-order valence-corrected chi connectivity index (χ3v) is 3.26. The average molecular weight is 238 g/mol. The molecule has 0 bridgehead atoms. The van der Waals surface area contributed by atoms with Crippen molar-refractivity contribution >= 4 is 17.4 Å². The molecule has 2 nitrogen and oxygen atoms in total. The maximum absolute atomic E-state index is 13.5. The van der Waals surface area contributed by atoms with Gasteiger partial charge in [0.1, 0.15) is 11.2 Å². The summed E-state index contributed by atoms with van der Waals surface area (Å²) in [7, 11) is 0. The minimum absolute atomic E-state index is 0.0752.